The Kier molecular flexibility index (Phi) is 3.89. The highest BCUT2D eigenvalue weighted by Crippen LogP contribution is 2.52. The molecule has 2 fully saturated rings. The number of fused-ring (bicyclic) bond motifs is 1. The summed E-state index contributed by atoms with van der Waals surface area (Å²) in [7, 11) is 4.18. The molecule has 2 heterocycles. The molecule has 2 aliphatic rings. The smallest absolute Gasteiger partial charge is 0.309 e. The van der Waals surface area contributed by atoms with Crippen molar-refractivity contribution in [2.75, 3.05) is 33.7 Å². The van der Waals surface area contributed by atoms with Crippen molar-refractivity contribution in [1.82, 2.24) is 19.8 Å². The SMILES string of the molecule is Cc1nc(C(F)(F)F)ncc1CN1C[C@@H]2C(CN(C)C)[C@@H]2C1. The first kappa shape index (κ1) is 15.7. The molecule has 0 spiro atoms. The topological polar surface area (TPSA) is 32.3 Å². The van der Waals surface area contributed by atoms with Gasteiger partial charge in [0.2, 0.25) is 5.82 Å². The Hall–Kier alpha value is -1.21. The van der Waals surface area contributed by atoms with Crippen LogP contribution >= 0.6 is 0 Å². The molecule has 1 unspecified atom stereocenters. The fraction of sp³-hybridized carbons (Fsp3) is 0.733. The number of halogens is 3. The zero-order valence-corrected chi connectivity index (χ0v) is 13.1. The van der Waals surface area contributed by atoms with Crippen LogP contribution in [0.5, 0.6) is 0 Å². The molecule has 1 aromatic rings. The van der Waals surface area contributed by atoms with Crippen LogP contribution in [0.25, 0.3) is 0 Å². The Morgan fingerprint density at radius 2 is 1.91 bits per heavy atom. The van der Waals surface area contributed by atoms with E-state index in [0.29, 0.717) is 12.2 Å². The number of hydrogen-bond acceptors (Lipinski definition) is 4. The van der Waals surface area contributed by atoms with E-state index in [9.17, 15) is 13.2 Å². The average molecular weight is 314 g/mol. The highest BCUT2D eigenvalue weighted by atomic mass is 19.4. The number of aromatic nitrogens is 2. The van der Waals surface area contributed by atoms with E-state index >= 15 is 0 Å². The van der Waals surface area contributed by atoms with E-state index in [0.717, 1.165) is 43.0 Å². The lowest BCUT2D eigenvalue weighted by molar-refractivity contribution is -0.145. The van der Waals surface area contributed by atoms with E-state index in [4.69, 9.17) is 0 Å². The van der Waals surface area contributed by atoms with Gasteiger partial charge in [-0.1, -0.05) is 0 Å². The maximum Gasteiger partial charge on any atom is 0.451 e. The van der Waals surface area contributed by atoms with Crippen LogP contribution in [0.15, 0.2) is 6.20 Å². The average Bonchev–Trinajstić information content (AvgIpc) is 2.83. The summed E-state index contributed by atoms with van der Waals surface area (Å²) in [6.45, 7) is 5.46. The summed E-state index contributed by atoms with van der Waals surface area (Å²) >= 11 is 0. The molecule has 122 valence electrons. The molecule has 1 aliphatic heterocycles. The zero-order chi connectivity index (χ0) is 16.1. The van der Waals surface area contributed by atoms with Gasteiger partial charge in [-0.3, -0.25) is 4.90 Å². The summed E-state index contributed by atoms with van der Waals surface area (Å²) in [6, 6.07) is 0. The van der Waals surface area contributed by atoms with Crippen molar-refractivity contribution in [2.24, 2.45) is 17.8 Å². The first-order chi connectivity index (χ1) is 10.3. The van der Waals surface area contributed by atoms with Crippen molar-refractivity contribution in [3.8, 4) is 0 Å². The van der Waals surface area contributed by atoms with Crippen molar-refractivity contribution in [3.05, 3.63) is 23.3 Å². The van der Waals surface area contributed by atoms with Crippen LogP contribution in [0.3, 0.4) is 0 Å². The van der Waals surface area contributed by atoms with Gasteiger partial charge in [-0.25, -0.2) is 9.97 Å². The monoisotopic (exact) mass is 314 g/mol. The Bertz CT molecular complexity index is 546. The van der Waals surface area contributed by atoms with Crippen molar-refractivity contribution in [3.63, 3.8) is 0 Å². The molecule has 3 rings (SSSR count). The summed E-state index contributed by atoms with van der Waals surface area (Å²) in [5.41, 5.74) is 1.21. The third-order valence-corrected chi connectivity index (χ3v) is 4.75. The fourth-order valence-corrected chi connectivity index (χ4v) is 3.58. The van der Waals surface area contributed by atoms with Gasteiger partial charge in [0, 0.05) is 43.6 Å². The minimum absolute atomic E-state index is 0.424. The second kappa shape index (κ2) is 5.45. The minimum Gasteiger partial charge on any atom is -0.309 e. The van der Waals surface area contributed by atoms with Gasteiger partial charge in [0.15, 0.2) is 0 Å². The quantitative estimate of drug-likeness (QED) is 0.851. The highest BCUT2D eigenvalue weighted by Gasteiger charge is 2.55. The standard InChI is InChI=1S/C15H21F3N4/c1-9-10(4-19-14(20-9)15(16,17)18)5-22-7-12-11(6-21(2)3)13(12)8-22/h4,11-13H,5-8H2,1-3H3/t11?,12-,13+. The zero-order valence-electron chi connectivity index (χ0n) is 13.1. The molecule has 22 heavy (non-hydrogen) atoms. The summed E-state index contributed by atoms with van der Waals surface area (Å²) in [6.07, 6.45) is -3.15. The summed E-state index contributed by atoms with van der Waals surface area (Å²) in [4.78, 5) is 11.6. The Morgan fingerprint density at radius 1 is 1.27 bits per heavy atom. The van der Waals surface area contributed by atoms with E-state index < -0.39 is 12.0 Å². The van der Waals surface area contributed by atoms with Crippen LogP contribution in [-0.4, -0.2) is 53.5 Å². The van der Waals surface area contributed by atoms with Crippen LogP contribution in [0.4, 0.5) is 13.2 Å². The Morgan fingerprint density at radius 3 is 2.41 bits per heavy atom. The normalized spacial score (nSPS) is 28.2. The number of likely N-dealkylation sites (tertiary alicyclic amines) is 1. The van der Waals surface area contributed by atoms with Crippen LogP contribution in [0.1, 0.15) is 17.1 Å². The lowest BCUT2D eigenvalue weighted by atomic mass is 10.2. The van der Waals surface area contributed by atoms with E-state index in [2.05, 4.69) is 33.9 Å². The lowest BCUT2D eigenvalue weighted by Gasteiger charge is -2.21. The van der Waals surface area contributed by atoms with Gasteiger partial charge in [-0.15, -0.1) is 0 Å². The first-order valence-corrected chi connectivity index (χ1v) is 7.52. The summed E-state index contributed by atoms with van der Waals surface area (Å²) < 4.78 is 37.7. The molecule has 0 aromatic carbocycles. The predicted molar refractivity (Wildman–Crippen MR) is 76.1 cm³/mol. The van der Waals surface area contributed by atoms with Gasteiger partial charge in [-0.05, 0) is 38.8 Å². The number of nitrogens with zero attached hydrogens (tertiary/aromatic N) is 4. The number of hydrogen-bond donors (Lipinski definition) is 0. The van der Waals surface area contributed by atoms with Crippen molar-refractivity contribution in [1.29, 1.82) is 0 Å². The van der Waals surface area contributed by atoms with Gasteiger partial charge in [0.1, 0.15) is 0 Å². The third kappa shape index (κ3) is 3.10. The molecule has 0 amide bonds. The van der Waals surface area contributed by atoms with E-state index in [1.165, 1.54) is 6.20 Å². The van der Waals surface area contributed by atoms with E-state index in [1.54, 1.807) is 6.92 Å². The second-order valence-electron chi connectivity index (χ2n) is 6.75. The first-order valence-electron chi connectivity index (χ1n) is 7.52. The molecule has 7 heteroatoms. The van der Waals surface area contributed by atoms with E-state index in [1.807, 2.05) is 0 Å². The molecule has 0 radical (unpaired) electrons. The Labute approximate surface area is 128 Å². The minimum atomic E-state index is -4.47. The fourth-order valence-electron chi connectivity index (χ4n) is 3.58. The lowest BCUT2D eigenvalue weighted by Crippen LogP contribution is -2.27. The highest BCUT2D eigenvalue weighted by molar-refractivity contribution is 5.18. The molecule has 1 saturated carbocycles. The molecular formula is C15H21F3N4. The number of piperidine rings is 1. The van der Waals surface area contributed by atoms with Gasteiger partial charge >= 0.3 is 6.18 Å². The molecule has 0 N–H and O–H groups in total. The van der Waals surface area contributed by atoms with Crippen LogP contribution < -0.4 is 0 Å². The molecule has 1 saturated heterocycles. The summed E-state index contributed by atoms with van der Waals surface area (Å²) in [5, 5.41) is 0. The van der Waals surface area contributed by atoms with Gasteiger partial charge in [0.25, 0.3) is 0 Å². The largest absolute Gasteiger partial charge is 0.451 e. The maximum absolute atomic E-state index is 12.6. The second-order valence-corrected chi connectivity index (χ2v) is 6.75. The molecule has 4 nitrogen and oxygen atoms in total. The number of rotatable bonds is 4. The van der Waals surface area contributed by atoms with Crippen molar-refractivity contribution >= 4 is 0 Å². The molecular weight excluding hydrogens is 293 g/mol. The van der Waals surface area contributed by atoms with Crippen molar-refractivity contribution in [2.45, 2.75) is 19.6 Å². The number of aryl methyl sites for hydroxylation is 1. The van der Waals surface area contributed by atoms with E-state index in [-0.39, 0.29) is 0 Å². The molecule has 3 atom stereocenters. The molecule has 0 bridgehead atoms. The summed E-state index contributed by atoms with van der Waals surface area (Å²) in [5.74, 6) is 1.23. The van der Waals surface area contributed by atoms with Crippen molar-refractivity contribution < 1.29 is 13.2 Å². The molecule has 1 aliphatic carbocycles. The van der Waals surface area contributed by atoms with Gasteiger partial charge < -0.3 is 4.90 Å². The van der Waals surface area contributed by atoms with Crippen LogP contribution in [0, 0.1) is 24.7 Å². The van der Waals surface area contributed by atoms with Crippen LogP contribution in [-0.2, 0) is 12.7 Å². The number of alkyl halides is 3. The van der Waals surface area contributed by atoms with Gasteiger partial charge in [0.05, 0.1) is 0 Å². The third-order valence-electron chi connectivity index (χ3n) is 4.75. The van der Waals surface area contributed by atoms with Gasteiger partial charge in [-0.2, -0.15) is 13.2 Å². The Balaban J connectivity index is 1.58. The van der Waals surface area contributed by atoms with Crippen LogP contribution in [0.2, 0.25) is 0 Å². The molecule has 1 aromatic heterocycles. The predicted octanol–water partition coefficient (Wildman–Crippen LogP) is 2.04. The maximum atomic E-state index is 12.6.